The summed E-state index contributed by atoms with van der Waals surface area (Å²) < 4.78 is 10.3. The lowest BCUT2D eigenvalue weighted by molar-refractivity contribution is -0.386. The van der Waals surface area contributed by atoms with E-state index in [-0.39, 0.29) is 18.0 Å². The Labute approximate surface area is 109 Å². The van der Waals surface area contributed by atoms with Crippen molar-refractivity contribution in [2.45, 2.75) is 26.9 Å². The first-order valence-corrected chi connectivity index (χ1v) is 5.79. The van der Waals surface area contributed by atoms with Crippen LogP contribution in [-0.4, -0.2) is 15.1 Å². The summed E-state index contributed by atoms with van der Waals surface area (Å²) in [7, 11) is 0. The highest BCUT2D eigenvalue weighted by Gasteiger charge is 2.16. The Balaban J connectivity index is 2.14. The Morgan fingerprint density at radius 3 is 2.89 bits per heavy atom. The first-order valence-electron chi connectivity index (χ1n) is 5.79. The Kier molecular flexibility index (Phi) is 3.74. The van der Waals surface area contributed by atoms with Gasteiger partial charge in [-0.2, -0.15) is 4.98 Å². The van der Waals surface area contributed by atoms with E-state index in [1.54, 1.807) is 12.1 Å². The van der Waals surface area contributed by atoms with Crippen LogP contribution >= 0.6 is 0 Å². The average molecular weight is 263 g/mol. The van der Waals surface area contributed by atoms with Crippen LogP contribution in [0.4, 0.5) is 5.69 Å². The number of nitro benzene ring substituents is 1. The van der Waals surface area contributed by atoms with Gasteiger partial charge in [-0.05, 0) is 18.6 Å². The Morgan fingerprint density at radius 1 is 1.47 bits per heavy atom. The molecule has 1 aromatic carbocycles. The predicted octanol–water partition coefficient (Wildman–Crippen LogP) is 2.43. The average Bonchev–Trinajstić information content (AvgIpc) is 2.84. The summed E-state index contributed by atoms with van der Waals surface area (Å²) in [5, 5.41) is 14.6. The second-order valence-corrected chi connectivity index (χ2v) is 3.97. The van der Waals surface area contributed by atoms with Crippen LogP contribution in [0.25, 0.3) is 0 Å². The number of hydrogen-bond donors (Lipinski definition) is 0. The summed E-state index contributed by atoms with van der Waals surface area (Å²) in [6.07, 6.45) is 0.661. The van der Waals surface area contributed by atoms with Crippen molar-refractivity contribution >= 4 is 5.69 Å². The van der Waals surface area contributed by atoms with Crippen LogP contribution in [0.5, 0.6) is 5.75 Å². The van der Waals surface area contributed by atoms with E-state index in [4.69, 9.17) is 9.26 Å². The molecule has 0 unspecified atom stereocenters. The largest absolute Gasteiger partial charge is 0.477 e. The molecule has 19 heavy (non-hydrogen) atoms. The van der Waals surface area contributed by atoms with Crippen molar-refractivity contribution in [2.24, 2.45) is 0 Å². The summed E-state index contributed by atoms with van der Waals surface area (Å²) in [6.45, 7) is 3.75. The van der Waals surface area contributed by atoms with Gasteiger partial charge in [-0.15, -0.1) is 0 Å². The molecule has 0 bridgehead atoms. The zero-order valence-corrected chi connectivity index (χ0v) is 10.6. The fourth-order valence-electron chi connectivity index (χ4n) is 1.52. The van der Waals surface area contributed by atoms with Crippen LogP contribution in [-0.2, 0) is 13.0 Å². The summed E-state index contributed by atoms with van der Waals surface area (Å²) >= 11 is 0. The van der Waals surface area contributed by atoms with Gasteiger partial charge in [0.2, 0.25) is 0 Å². The van der Waals surface area contributed by atoms with Crippen molar-refractivity contribution in [2.75, 3.05) is 0 Å². The molecule has 0 saturated carbocycles. The number of rotatable bonds is 5. The van der Waals surface area contributed by atoms with Crippen molar-refractivity contribution in [1.82, 2.24) is 10.1 Å². The third-order valence-electron chi connectivity index (χ3n) is 2.49. The van der Waals surface area contributed by atoms with E-state index < -0.39 is 4.92 Å². The number of aryl methyl sites for hydroxylation is 2. The molecular weight excluding hydrogens is 250 g/mol. The van der Waals surface area contributed by atoms with Crippen LogP contribution in [0.3, 0.4) is 0 Å². The minimum absolute atomic E-state index is 0.0112. The Hall–Kier alpha value is -2.44. The Morgan fingerprint density at radius 2 is 2.26 bits per heavy atom. The standard InChI is InChI=1S/C12H13N3O4/c1-3-11-13-12(19-14-11)7-18-10-6-8(2)4-5-9(10)15(16)17/h4-6H,3,7H2,1-2H3. The topological polar surface area (TPSA) is 91.3 Å². The fraction of sp³-hybridized carbons (Fsp3) is 0.333. The van der Waals surface area contributed by atoms with Gasteiger partial charge in [0.1, 0.15) is 0 Å². The second-order valence-electron chi connectivity index (χ2n) is 3.97. The quantitative estimate of drug-likeness (QED) is 0.607. The maximum atomic E-state index is 10.9. The smallest absolute Gasteiger partial charge is 0.310 e. The van der Waals surface area contributed by atoms with Gasteiger partial charge >= 0.3 is 5.69 Å². The van der Waals surface area contributed by atoms with E-state index >= 15 is 0 Å². The summed E-state index contributed by atoms with van der Waals surface area (Å²) in [4.78, 5) is 14.5. The number of nitrogens with zero attached hydrogens (tertiary/aromatic N) is 3. The second kappa shape index (κ2) is 5.47. The molecule has 0 aliphatic carbocycles. The molecule has 0 spiro atoms. The number of nitro groups is 1. The number of aromatic nitrogens is 2. The molecule has 2 aromatic rings. The van der Waals surface area contributed by atoms with E-state index in [0.29, 0.717) is 18.1 Å². The van der Waals surface area contributed by atoms with Gasteiger partial charge in [0.25, 0.3) is 5.89 Å². The van der Waals surface area contributed by atoms with Gasteiger partial charge in [-0.25, -0.2) is 0 Å². The molecule has 0 atom stereocenters. The van der Waals surface area contributed by atoms with Crippen molar-refractivity contribution in [3.63, 3.8) is 0 Å². The van der Waals surface area contributed by atoms with Gasteiger partial charge in [-0.3, -0.25) is 10.1 Å². The first kappa shape index (κ1) is 13.0. The van der Waals surface area contributed by atoms with Crippen LogP contribution < -0.4 is 4.74 Å². The zero-order chi connectivity index (χ0) is 13.8. The lowest BCUT2D eigenvalue weighted by atomic mass is 10.2. The van der Waals surface area contributed by atoms with Crippen molar-refractivity contribution in [1.29, 1.82) is 0 Å². The molecule has 0 amide bonds. The SMILES string of the molecule is CCc1noc(COc2cc(C)ccc2[N+](=O)[O-])n1. The highest BCUT2D eigenvalue weighted by atomic mass is 16.6. The van der Waals surface area contributed by atoms with Gasteiger partial charge in [0, 0.05) is 12.5 Å². The minimum Gasteiger partial charge on any atom is -0.477 e. The highest BCUT2D eigenvalue weighted by Crippen LogP contribution is 2.28. The molecule has 7 heteroatoms. The van der Waals surface area contributed by atoms with Gasteiger partial charge in [-0.1, -0.05) is 18.1 Å². The molecule has 2 rings (SSSR count). The molecule has 0 aliphatic rings. The maximum absolute atomic E-state index is 10.9. The zero-order valence-electron chi connectivity index (χ0n) is 10.6. The van der Waals surface area contributed by atoms with Crippen molar-refractivity contribution in [3.05, 3.63) is 45.6 Å². The first-order chi connectivity index (χ1) is 9.10. The molecule has 1 aromatic heterocycles. The third kappa shape index (κ3) is 3.06. The van der Waals surface area contributed by atoms with E-state index in [9.17, 15) is 10.1 Å². The lowest BCUT2D eigenvalue weighted by Crippen LogP contribution is -2.00. The van der Waals surface area contributed by atoms with Crippen molar-refractivity contribution in [3.8, 4) is 5.75 Å². The fourth-order valence-corrected chi connectivity index (χ4v) is 1.52. The van der Waals surface area contributed by atoms with Crippen LogP contribution in [0, 0.1) is 17.0 Å². The number of ether oxygens (including phenoxy) is 1. The third-order valence-corrected chi connectivity index (χ3v) is 2.49. The molecule has 1 heterocycles. The van der Waals surface area contributed by atoms with E-state index in [0.717, 1.165) is 5.56 Å². The van der Waals surface area contributed by atoms with Gasteiger partial charge in [0.15, 0.2) is 18.2 Å². The Bertz CT molecular complexity index is 594. The summed E-state index contributed by atoms with van der Waals surface area (Å²) in [6, 6.07) is 4.68. The molecular formula is C12H13N3O4. The predicted molar refractivity (Wildman–Crippen MR) is 65.8 cm³/mol. The normalized spacial score (nSPS) is 10.4. The van der Waals surface area contributed by atoms with Crippen LogP contribution in [0.2, 0.25) is 0 Å². The summed E-state index contributed by atoms with van der Waals surface area (Å²) in [5.41, 5.74) is 0.793. The van der Waals surface area contributed by atoms with Crippen LogP contribution in [0.15, 0.2) is 22.7 Å². The molecule has 0 fully saturated rings. The van der Waals surface area contributed by atoms with E-state index in [2.05, 4.69) is 10.1 Å². The molecule has 0 saturated heterocycles. The molecule has 0 aliphatic heterocycles. The number of hydrogen-bond acceptors (Lipinski definition) is 6. The lowest BCUT2D eigenvalue weighted by Gasteiger charge is -2.04. The maximum Gasteiger partial charge on any atom is 0.310 e. The van der Waals surface area contributed by atoms with Crippen molar-refractivity contribution < 1.29 is 14.2 Å². The highest BCUT2D eigenvalue weighted by molar-refractivity contribution is 5.48. The molecule has 7 nitrogen and oxygen atoms in total. The van der Waals surface area contributed by atoms with E-state index in [1.807, 2.05) is 13.8 Å². The summed E-state index contributed by atoms with van der Waals surface area (Å²) in [5.74, 6) is 1.08. The van der Waals surface area contributed by atoms with Crippen LogP contribution in [0.1, 0.15) is 24.2 Å². The molecule has 0 radical (unpaired) electrons. The minimum atomic E-state index is -0.486. The van der Waals surface area contributed by atoms with Gasteiger partial charge < -0.3 is 9.26 Å². The number of benzene rings is 1. The van der Waals surface area contributed by atoms with Gasteiger partial charge in [0.05, 0.1) is 4.92 Å². The van der Waals surface area contributed by atoms with E-state index in [1.165, 1.54) is 6.07 Å². The monoisotopic (exact) mass is 263 g/mol. The molecule has 0 N–H and O–H groups in total. The molecule has 100 valence electrons.